The lowest BCUT2D eigenvalue weighted by molar-refractivity contribution is -0.140. The number of amides is 6. The molecule has 18 nitrogen and oxygen atoms in total. The Labute approximate surface area is 488 Å². The van der Waals surface area contributed by atoms with Gasteiger partial charge < -0.3 is 50.8 Å². The number of likely N-dealkylation sites (tertiary alicyclic amines) is 2. The number of allylic oxidation sites excluding steroid dienone is 2. The summed E-state index contributed by atoms with van der Waals surface area (Å²) in [5.74, 6) is 0.000790. The van der Waals surface area contributed by atoms with Crippen molar-refractivity contribution in [2.45, 2.75) is 77.3 Å². The number of rotatable bonds is 21. The maximum atomic E-state index is 15.1. The number of carbonyl (C=O) groups excluding carboxylic acids is 6. The summed E-state index contributed by atoms with van der Waals surface area (Å²) in [6, 6.07) is 15.9. The quantitative estimate of drug-likeness (QED) is 0.104. The second-order valence-corrected chi connectivity index (χ2v) is 22.7. The van der Waals surface area contributed by atoms with E-state index in [1.807, 2.05) is 34.9 Å². The molecule has 4 saturated heterocycles. The second kappa shape index (κ2) is 29.1. The minimum atomic E-state index is -0.659. The molecule has 442 valence electrons. The number of hydrogen-bond acceptors (Lipinski definition) is 12. The summed E-state index contributed by atoms with van der Waals surface area (Å²) in [6.45, 7) is 11.2. The van der Waals surface area contributed by atoms with Crippen molar-refractivity contribution in [3.05, 3.63) is 118 Å². The van der Waals surface area contributed by atoms with Gasteiger partial charge in [-0.1, -0.05) is 67.8 Å². The Hall–Kier alpha value is -6.61. The van der Waals surface area contributed by atoms with Crippen molar-refractivity contribution in [3.63, 3.8) is 0 Å². The highest BCUT2D eigenvalue weighted by molar-refractivity contribution is 7.59. The molecule has 2 unspecified atom stereocenters. The Kier molecular flexibility index (Phi) is 21.8. The summed E-state index contributed by atoms with van der Waals surface area (Å²) in [4.78, 5) is 92.6. The van der Waals surface area contributed by atoms with Crippen LogP contribution < -0.4 is 25.8 Å². The van der Waals surface area contributed by atoms with E-state index in [0.717, 1.165) is 94.6 Å². The minimum Gasteiger partial charge on any atom is -0.497 e. The summed E-state index contributed by atoms with van der Waals surface area (Å²) < 4.78 is 26.2. The zero-order valence-corrected chi connectivity index (χ0v) is 48.7. The Balaban J connectivity index is 0.00000880. The zero-order chi connectivity index (χ0) is 57.0. The van der Waals surface area contributed by atoms with Gasteiger partial charge in [-0.05, 0) is 99.4 Å². The summed E-state index contributed by atoms with van der Waals surface area (Å²) in [5.41, 5.74) is 8.73. The number of halogens is 1. The topological polar surface area (TPSA) is 214 Å². The first-order chi connectivity index (χ1) is 39.2. The number of piperidine rings is 1. The van der Waals surface area contributed by atoms with Crippen LogP contribution in [0.25, 0.3) is 0 Å². The molecule has 0 bridgehead atoms. The van der Waals surface area contributed by atoms with Crippen molar-refractivity contribution in [2.24, 2.45) is 29.4 Å². The molecule has 82 heavy (non-hydrogen) atoms. The van der Waals surface area contributed by atoms with Crippen molar-refractivity contribution in [3.8, 4) is 11.5 Å². The number of hydrogen-bond donors (Lipinski definition) is 4. The molecule has 2 aliphatic carbocycles. The van der Waals surface area contributed by atoms with Crippen LogP contribution >= 0.6 is 13.5 Å². The van der Waals surface area contributed by atoms with E-state index in [1.165, 1.54) is 18.2 Å². The highest BCUT2D eigenvalue weighted by atomic mass is 32.1. The Bertz CT molecular complexity index is 2830. The second-order valence-electron chi connectivity index (χ2n) is 22.7. The van der Waals surface area contributed by atoms with E-state index in [9.17, 15) is 28.8 Å². The van der Waals surface area contributed by atoms with Gasteiger partial charge in [0.05, 0.1) is 38.3 Å². The van der Waals surface area contributed by atoms with Gasteiger partial charge in [-0.15, -0.1) is 0 Å². The van der Waals surface area contributed by atoms with Crippen molar-refractivity contribution in [1.29, 1.82) is 5.41 Å². The van der Waals surface area contributed by atoms with Crippen LogP contribution in [0.4, 0.5) is 4.39 Å². The van der Waals surface area contributed by atoms with E-state index in [0.29, 0.717) is 88.2 Å². The number of primary amides is 1. The lowest BCUT2D eigenvalue weighted by atomic mass is 9.82. The van der Waals surface area contributed by atoms with Crippen LogP contribution in [0.15, 0.2) is 84.5 Å². The number of benzene rings is 3. The molecule has 3 aromatic rings. The molecule has 2 atom stereocenters. The molecule has 0 radical (unpaired) electrons. The van der Waals surface area contributed by atoms with Crippen LogP contribution in [0, 0.1) is 34.9 Å². The van der Waals surface area contributed by atoms with E-state index in [-0.39, 0.29) is 97.8 Å². The smallest absolute Gasteiger partial charge is 0.256 e. The third-order valence-electron chi connectivity index (χ3n) is 17.3. The van der Waals surface area contributed by atoms with E-state index in [4.69, 9.17) is 20.6 Å². The molecule has 5 fully saturated rings. The number of ether oxygens (including phenoxy) is 2. The largest absolute Gasteiger partial charge is 0.497 e. The first-order valence-electron chi connectivity index (χ1n) is 29.3. The third-order valence-corrected chi connectivity index (χ3v) is 17.3. The molecule has 5 N–H and O–H groups in total. The van der Waals surface area contributed by atoms with E-state index >= 15 is 4.39 Å². The van der Waals surface area contributed by atoms with E-state index in [1.54, 1.807) is 41.2 Å². The average Bonchev–Trinajstić information content (AvgIpc) is 3.50. The van der Waals surface area contributed by atoms with E-state index < -0.39 is 23.7 Å². The van der Waals surface area contributed by atoms with Gasteiger partial charge >= 0.3 is 0 Å². The van der Waals surface area contributed by atoms with Crippen LogP contribution in [0.2, 0.25) is 0 Å². The molecular weight excluding hydrogens is 1060 g/mol. The van der Waals surface area contributed by atoms with Gasteiger partial charge in [0.1, 0.15) is 23.4 Å². The average molecular weight is 1150 g/mol. The van der Waals surface area contributed by atoms with Gasteiger partial charge in [0.2, 0.25) is 29.5 Å². The molecular formula is C62H83FN10O8S. The normalized spacial score (nSPS) is 19.8. The van der Waals surface area contributed by atoms with Gasteiger partial charge in [-0.2, -0.15) is 13.5 Å². The number of nitrogens with one attached hydrogen (secondary N) is 3. The number of nitrogens with two attached hydrogens (primary N) is 1. The zero-order valence-electron chi connectivity index (χ0n) is 47.7. The predicted molar refractivity (Wildman–Crippen MR) is 317 cm³/mol. The lowest BCUT2D eigenvalue weighted by Crippen LogP contribution is -2.58. The van der Waals surface area contributed by atoms with Crippen molar-refractivity contribution >= 4 is 54.7 Å². The van der Waals surface area contributed by atoms with Gasteiger partial charge in [-0.25, -0.2) is 4.39 Å². The molecule has 1 saturated carbocycles. The van der Waals surface area contributed by atoms with Gasteiger partial charge in [0.15, 0.2) is 0 Å². The van der Waals surface area contributed by atoms with Crippen LogP contribution in [-0.2, 0) is 32.1 Å². The number of methoxy groups -OCH3 is 1. The lowest BCUT2D eigenvalue weighted by Gasteiger charge is -2.41. The van der Waals surface area contributed by atoms with Crippen LogP contribution in [0.3, 0.4) is 0 Å². The summed E-state index contributed by atoms with van der Waals surface area (Å²) in [5, 5.41) is 15.2. The van der Waals surface area contributed by atoms with E-state index in [2.05, 4.69) is 38.7 Å². The van der Waals surface area contributed by atoms with Crippen LogP contribution in [0.1, 0.15) is 95.7 Å². The molecule has 6 aliphatic rings. The van der Waals surface area contributed by atoms with Crippen molar-refractivity contribution < 1.29 is 42.6 Å². The summed E-state index contributed by atoms with van der Waals surface area (Å²) in [6.07, 6.45) is 13.9. The molecule has 9 rings (SSSR count). The van der Waals surface area contributed by atoms with Gasteiger partial charge in [0, 0.05) is 119 Å². The SMILES string of the molecule is CCOc1cc(OC)ccc1CNCC(=O)N1CC(C2=CC(C(=O)NC(C(=O)N3CCN(CC4CCN(CC(=O)N5CCN(C(=O)c6cc(CC(=N)c7ccccc7C(N)=O)ccc6F)CC5)CC4)CC3)C3CCCCC3)CC=C2)C1.S. The first kappa shape index (κ1) is 61.5. The predicted octanol–water partition coefficient (Wildman–Crippen LogP) is 5.01. The third kappa shape index (κ3) is 15.5. The Morgan fingerprint density at radius 3 is 2.16 bits per heavy atom. The maximum Gasteiger partial charge on any atom is 0.256 e. The van der Waals surface area contributed by atoms with Crippen LogP contribution in [0.5, 0.6) is 11.5 Å². The molecule has 4 heterocycles. The number of nitrogens with zero attached hydrogens (tertiary/aromatic N) is 6. The fourth-order valence-corrected chi connectivity index (χ4v) is 12.4. The molecule has 0 aromatic heterocycles. The summed E-state index contributed by atoms with van der Waals surface area (Å²) in [7, 11) is 1.62. The Morgan fingerprint density at radius 2 is 1.46 bits per heavy atom. The highest BCUT2D eigenvalue weighted by Gasteiger charge is 2.39. The monoisotopic (exact) mass is 1150 g/mol. The maximum absolute atomic E-state index is 15.1. The standard InChI is InChI=1S/C62H81FN10O8.H2S/c1-3-81-55-35-49(80-2)18-17-47(55)36-66-37-56(74)73-39-48(40-73)45-12-9-13-46(34-45)60(77)67-58(44-10-5-4-6-11-44)62(79)72-26-24-69(25-27-72)38-42-20-22-68(23-21-42)41-57(75)70-28-30-71(31-29-70)61(78)52-32-43(16-19-53(52)63)33-54(64)50-14-7-8-15-51(50)59(65)76;/h7-9,12,14-19,32,34-35,42,44,46,48,58,64,66H,3-6,10-11,13,20-31,33,36-41H2,1-2H3,(H2,65,76)(H,67,77);1H2. The Morgan fingerprint density at radius 1 is 0.768 bits per heavy atom. The van der Waals surface area contributed by atoms with Gasteiger partial charge in [-0.3, -0.25) is 38.6 Å². The van der Waals surface area contributed by atoms with Crippen molar-refractivity contribution in [1.82, 2.24) is 40.0 Å². The van der Waals surface area contributed by atoms with Crippen LogP contribution in [-0.4, -0.2) is 188 Å². The molecule has 3 aromatic carbocycles. The molecule has 20 heteroatoms. The summed E-state index contributed by atoms with van der Waals surface area (Å²) >= 11 is 0. The minimum absolute atomic E-state index is 0. The molecule has 0 spiro atoms. The van der Waals surface area contributed by atoms with Gasteiger partial charge in [0.25, 0.3) is 5.91 Å². The first-order valence-corrected chi connectivity index (χ1v) is 29.3. The molecule has 6 amide bonds. The number of carbonyl (C=O) groups is 6. The highest BCUT2D eigenvalue weighted by Crippen LogP contribution is 2.32. The number of piperazine rings is 2. The van der Waals surface area contributed by atoms with Crippen molar-refractivity contribution in [2.75, 3.05) is 112 Å². The fourth-order valence-electron chi connectivity index (χ4n) is 12.4. The fraction of sp³-hybridized carbons (Fsp3) is 0.532. The molecule has 4 aliphatic heterocycles.